The first-order valence-corrected chi connectivity index (χ1v) is 9.21. The number of nitro benzene ring substituents is 1. The quantitative estimate of drug-likeness (QED) is 0.545. The largest absolute Gasteiger partial charge is 0.477 e. The molecule has 1 amide bonds. The van der Waals surface area contributed by atoms with E-state index in [4.69, 9.17) is 4.74 Å². The van der Waals surface area contributed by atoms with Crippen molar-refractivity contribution in [1.29, 1.82) is 0 Å². The van der Waals surface area contributed by atoms with Crippen molar-refractivity contribution in [2.45, 2.75) is 0 Å². The molecule has 0 aromatic heterocycles. The summed E-state index contributed by atoms with van der Waals surface area (Å²) in [6.45, 7) is 3.46. The van der Waals surface area contributed by atoms with Gasteiger partial charge in [0.15, 0.2) is 12.4 Å². The average Bonchev–Trinajstić information content (AvgIpc) is 2.73. The van der Waals surface area contributed by atoms with Gasteiger partial charge < -0.3 is 9.64 Å². The number of benzene rings is 2. The van der Waals surface area contributed by atoms with Crippen molar-refractivity contribution in [3.05, 3.63) is 76.4 Å². The Kier molecular flexibility index (Phi) is 6.75. The number of hydrogen-bond donors (Lipinski definition) is 0. The monoisotopic (exact) mass is 381 g/mol. The minimum atomic E-state index is -0.512. The number of nitrogens with zero attached hydrogens (tertiary/aromatic N) is 3. The predicted molar refractivity (Wildman–Crippen MR) is 107 cm³/mol. The summed E-state index contributed by atoms with van der Waals surface area (Å²) >= 11 is 0. The Balaban J connectivity index is 1.43. The van der Waals surface area contributed by atoms with Crippen molar-refractivity contribution >= 4 is 17.7 Å². The lowest BCUT2D eigenvalue weighted by Crippen LogP contribution is -2.49. The lowest BCUT2D eigenvalue weighted by atomic mass is 10.2. The predicted octanol–water partition coefficient (Wildman–Crippen LogP) is 2.83. The molecule has 0 unspecified atom stereocenters. The summed E-state index contributed by atoms with van der Waals surface area (Å²) in [6.07, 6.45) is 4.22. The number of piperazine rings is 1. The van der Waals surface area contributed by atoms with Crippen molar-refractivity contribution in [2.75, 3.05) is 39.3 Å². The van der Waals surface area contributed by atoms with Gasteiger partial charge in [-0.2, -0.15) is 0 Å². The van der Waals surface area contributed by atoms with Crippen molar-refractivity contribution in [3.8, 4) is 5.75 Å². The summed E-state index contributed by atoms with van der Waals surface area (Å²) in [7, 11) is 0. The fraction of sp³-hybridized carbons (Fsp3) is 0.286. The molecule has 2 aromatic rings. The molecular formula is C21H23N3O4. The molecule has 1 aliphatic heterocycles. The number of nitro groups is 1. The molecule has 0 atom stereocenters. The molecule has 0 saturated carbocycles. The van der Waals surface area contributed by atoms with E-state index in [9.17, 15) is 14.9 Å². The van der Waals surface area contributed by atoms with Crippen LogP contribution in [-0.2, 0) is 4.79 Å². The number of para-hydroxylation sites is 2. The topological polar surface area (TPSA) is 75.9 Å². The van der Waals surface area contributed by atoms with Crippen LogP contribution in [0.5, 0.6) is 5.75 Å². The Hall–Kier alpha value is -3.19. The van der Waals surface area contributed by atoms with E-state index in [2.05, 4.69) is 29.2 Å². The van der Waals surface area contributed by atoms with Gasteiger partial charge in [-0.3, -0.25) is 19.8 Å². The summed E-state index contributed by atoms with van der Waals surface area (Å²) < 4.78 is 5.40. The van der Waals surface area contributed by atoms with E-state index >= 15 is 0 Å². The Morgan fingerprint density at radius 3 is 2.43 bits per heavy atom. The van der Waals surface area contributed by atoms with Crippen LogP contribution in [0.25, 0.3) is 6.08 Å². The Labute approximate surface area is 164 Å². The van der Waals surface area contributed by atoms with Gasteiger partial charge in [0.25, 0.3) is 5.91 Å². The lowest BCUT2D eigenvalue weighted by Gasteiger charge is -2.34. The highest BCUT2D eigenvalue weighted by Crippen LogP contribution is 2.25. The maximum atomic E-state index is 12.4. The number of hydrogen-bond acceptors (Lipinski definition) is 5. The first kappa shape index (κ1) is 19.6. The molecule has 1 aliphatic rings. The number of carbonyl (C=O) groups excluding carboxylic acids is 1. The molecule has 1 heterocycles. The van der Waals surface area contributed by atoms with Gasteiger partial charge >= 0.3 is 5.69 Å². The molecule has 0 radical (unpaired) electrons. The van der Waals surface area contributed by atoms with Crippen LogP contribution in [-0.4, -0.2) is 60.0 Å². The normalized spacial score (nSPS) is 14.9. The fourth-order valence-electron chi connectivity index (χ4n) is 3.04. The zero-order valence-corrected chi connectivity index (χ0v) is 15.6. The summed E-state index contributed by atoms with van der Waals surface area (Å²) in [4.78, 5) is 26.9. The molecule has 28 heavy (non-hydrogen) atoms. The van der Waals surface area contributed by atoms with Crippen LogP contribution in [0, 0.1) is 10.1 Å². The van der Waals surface area contributed by atoms with Crippen LogP contribution in [0.15, 0.2) is 60.7 Å². The first-order chi connectivity index (χ1) is 13.6. The first-order valence-electron chi connectivity index (χ1n) is 9.21. The number of rotatable bonds is 7. The molecule has 7 heteroatoms. The van der Waals surface area contributed by atoms with Gasteiger partial charge in [-0.25, -0.2) is 0 Å². The fourth-order valence-corrected chi connectivity index (χ4v) is 3.04. The number of amides is 1. The SMILES string of the molecule is O=C(COc1ccccc1[N+](=O)[O-])N1CCN(CC=Cc2ccccc2)CC1. The molecule has 1 saturated heterocycles. The van der Waals surface area contributed by atoms with Gasteiger partial charge in [0.2, 0.25) is 0 Å². The van der Waals surface area contributed by atoms with Crippen LogP contribution < -0.4 is 4.74 Å². The average molecular weight is 381 g/mol. The van der Waals surface area contributed by atoms with Crippen LogP contribution in [0.2, 0.25) is 0 Å². The maximum Gasteiger partial charge on any atom is 0.310 e. The van der Waals surface area contributed by atoms with Gasteiger partial charge in [-0.05, 0) is 11.6 Å². The molecule has 3 rings (SSSR count). The van der Waals surface area contributed by atoms with Gasteiger partial charge in [-0.1, -0.05) is 54.6 Å². The third-order valence-corrected chi connectivity index (χ3v) is 4.61. The van der Waals surface area contributed by atoms with Crippen molar-refractivity contribution < 1.29 is 14.5 Å². The zero-order valence-electron chi connectivity index (χ0n) is 15.6. The Bertz CT molecular complexity index is 831. The van der Waals surface area contributed by atoms with Crippen LogP contribution in [0.3, 0.4) is 0 Å². The molecule has 0 spiro atoms. The van der Waals surface area contributed by atoms with E-state index < -0.39 is 4.92 Å². The van der Waals surface area contributed by atoms with Gasteiger partial charge in [0, 0.05) is 38.8 Å². The van der Waals surface area contributed by atoms with Crippen LogP contribution in [0.4, 0.5) is 5.69 Å². The minimum absolute atomic E-state index is 0.116. The zero-order chi connectivity index (χ0) is 19.8. The summed E-state index contributed by atoms with van der Waals surface area (Å²) in [5, 5.41) is 11.0. The van der Waals surface area contributed by atoms with E-state index in [1.807, 2.05) is 18.2 Å². The van der Waals surface area contributed by atoms with E-state index in [1.165, 1.54) is 17.7 Å². The minimum Gasteiger partial charge on any atom is -0.477 e. The molecule has 2 aromatic carbocycles. The molecule has 146 valence electrons. The van der Waals surface area contributed by atoms with Gasteiger partial charge in [0.05, 0.1) is 4.92 Å². The Morgan fingerprint density at radius 1 is 1.04 bits per heavy atom. The Morgan fingerprint density at radius 2 is 1.71 bits per heavy atom. The van der Waals surface area contributed by atoms with Crippen LogP contribution in [0.1, 0.15) is 5.56 Å². The standard InChI is InChI=1S/C21H23N3O4/c25-21(17-28-20-11-5-4-10-19(20)24(26)27)23-15-13-22(14-16-23)12-6-9-18-7-2-1-3-8-18/h1-11H,12-17H2. The molecular weight excluding hydrogens is 358 g/mol. The number of carbonyl (C=O) groups is 1. The highest BCUT2D eigenvalue weighted by atomic mass is 16.6. The van der Waals surface area contributed by atoms with E-state index in [0.717, 1.165) is 19.6 Å². The van der Waals surface area contributed by atoms with Crippen LogP contribution >= 0.6 is 0 Å². The van der Waals surface area contributed by atoms with Crippen molar-refractivity contribution in [2.24, 2.45) is 0 Å². The van der Waals surface area contributed by atoms with E-state index in [0.29, 0.717) is 13.1 Å². The highest BCUT2D eigenvalue weighted by molar-refractivity contribution is 5.78. The van der Waals surface area contributed by atoms with Crippen molar-refractivity contribution in [3.63, 3.8) is 0 Å². The third-order valence-electron chi connectivity index (χ3n) is 4.61. The van der Waals surface area contributed by atoms with Gasteiger partial charge in [0.1, 0.15) is 0 Å². The second-order valence-electron chi connectivity index (χ2n) is 6.51. The van der Waals surface area contributed by atoms with Crippen molar-refractivity contribution in [1.82, 2.24) is 9.80 Å². The molecule has 0 bridgehead atoms. The maximum absolute atomic E-state index is 12.4. The second kappa shape index (κ2) is 9.66. The second-order valence-corrected chi connectivity index (χ2v) is 6.51. The molecule has 0 N–H and O–H groups in total. The summed E-state index contributed by atoms with van der Waals surface area (Å²) in [5.41, 5.74) is 1.04. The summed E-state index contributed by atoms with van der Waals surface area (Å²) in [6, 6.07) is 16.2. The molecule has 0 aliphatic carbocycles. The smallest absolute Gasteiger partial charge is 0.310 e. The lowest BCUT2D eigenvalue weighted by molar-refractivity contribution is -0.385. The summed E-state index contributed by atoms with van der Waals surface area (Å²) in [5.74, 6) is -0.0387. The highest BCUT2D eigenvalue weighted by Gasteiger charge is 2.22. The third kappa shape index (κ3) is 5.40. The molecule has 7 nitrogen and oxygen atoms in total. The molecule has 1 fully saturated rings. The van der Waals surface area contributed by atoms with E-state index in [1.54, 1.807) is 17.0 Å². The van der Waals surface area contributed by atoms with Gasteiger partial charge in [-0.15, -0.1) is 0 Å². The number of ether oxygens (including phenoxy) is 1. The van der Waals surface area contributed by atoms with E-state index in [-0.39, 0.29) is 24.0 Å².